The highest BCUT2D eigenvalue weighted by molar-refractivity contribution is 7.18. The number of aromatic nitrogens is 6. The van der Waals surface area contributed by atoms with E-state index in [0.29, 0.717) is 17.3 Å². The van der Waals surface area contributed by atoms with Gasteiger partial charge in [0, 0.05) is 44.3 Å². The quantitative estimate of drug-likeness (QED) is 0.393. The number of thiazole rings is 1. The molecule has 3 atom stereocenters. The van der Waals surface area contributed by atoms with Gasteiger partial charge in [0.05, 0.1) is 28.9 Å². The molecule has 1 saturated heterocycles. The highest BCUT2D eigenvalue weighted by Gasteiger charge is 2.37. The Morgan fingerprint density at radius 2 is 1.94 bits per heavy atom. The van der Waals surface area contributed by atoms with Crippen LogP contribution in [-0.2, 0) is 13.5 Å². The molecule has 5 heterocycles. The predicted molar refractivity (Wildman–Crippen MR) is 140 cm³/mol. The van der Waals surface area contributed by atoms with Crippen LogP contribution in [0.25, 0.3) is 16.0 Å². The van der Waals surface area contributed by atoms with Gasteiger partial charge in [-0.15, -0.1) is 0 Å². The van der Waals surface area contributed by atoms with Crippen molar-refractivity contribution in [3.8, 4) is 6.07 Å². The van der Waals surface area contributed by atoms with E-state index >= 15 is 0 Å². The van der Waals surface area contributed by atoms with E-state index in [0.717, 1.165) is 47.0 Å². The number of hydrogen-bond acceptors (Lipinski definition) is 9. The zero-order chi connectivity index (χ0) is 25.6. The minimum atomic E-state index is -0.322. The number of pyridine rings is 1. The molecule has 4 aromatic heterocycles. The number of hydrogen-bond donors (Lipinski definition) is 0. The monoisotopic (exact) mass is 505 g/mol. The Balaban J connectivity index is 1.50. The van der Waals surface area contributed by atoms with E-state index in [1.807, 2.05) is 6.92 Å². The zero-order valence-corrected chi connectivity index (χ0v) is 22.2. The SMILES string of the molecule is CC[C@H]1CN([C@@H](C)c2ccc3nc(C)sc3n2)[C@H](CC)CN1c1nc(=O)n(C)c2cc(CC#N)nn12. The smallest absolute Gasteiger partial charge is 0.335 e. The first-order valence-electron chi connectivity index (χ1n) is 12.4. The normalized spacial score (nSPS) is 19.7. The molecule has 5 rings (SSSR count). The van der Waals surface area contributed by atoms with Crippen molar-refractivity contribution in [2.75, 3.05) is 18.0 Å². The maximum Gasteiger partial charge on any atom is 0.352 e. The molecule has 0 radical (unpaired) electrons. The van der Waals surface area contributed by atoms with Gasteiger partial charge in [-0.3, -0.25) is 9.47 Å². The van der Waals surface area contributed by atoms with Crippen molar-refractivity contribution in [1.29, 1.82) is 5.26 Å². The minimum Gasteiger partial charge on any atom is -0.335 e. The molecule has 188 valence electrons. The molecule has 0 aliphatic carbocycles. The highest BCUT2D eigenvalue weighted by Crippen LogP contribution is 2.32. The van der Waals surface area contributed by atoms with E-state index in [1.165, 1.54) is 4.57 Å². The molecule has 0 unspecified atom stereocenters. The van der Waals surface area contributed by atoms with Crippen LogP contribution in [0.1, 0.15) is 56.1 Å². The largest absolute Gasteiger partial charge is 0.352 e. The van der Waals surface area contributed by atoms with E-state index < -0.39 is 0 Å². The number of aryl methyl sites for hydroxylation is 2. The Morgan fingerprint density at radius 3 is 2.67 bits per heavy atom. The van der Waals surface area contributed by atoms with Crippen LogP contribution in [0.5, 0.6) is 0 Å². The molecular weight excluding hydrogens is 474 g/mol. The van der Waals surface area contributed by atoms with Gasteiger partial charge in [0.15, 0.2) is 0 Å². The van der Waals surface area contributed by atoms with Gasteiger partial charge in [0.2, 0.25) is 5.95 Å². The molecular formula is C25H31N9OS. The summed E-state index contributed by atoms with van der Waals surface area (Å²) < 4.78 is 3.21. The topological polar surface area (TPSA) is 108 Å². The average molecular weight is 506 g/mol. The Kier molecular flexibility index (Phi) is 6.49. The summed E-state index contributed by atoms with van der Waals surface area (Å²) in [5.74, 6) is 0.551. The summed E-state index contributed by atoms with van der Waals surface area (Å²) in [4.78, 5) is 32.5. The standard InChI is InChI=1S/C25H31N9OS/c1-6-18-14-33(24-29-25(35)31(5)22-12-17(10-11-26)30-34(22)24)19(7-2)13-32(18)15(3)20-8-9-21-23(28-20)36-16(4)27-21/h8-9,12,15,18-19H,6-7,10,13-14H2,1-5H3/t15-,18+,19-/m0/s1. The molecule has 4 aromatic rings. The van der Waals surface area contributed by atoms with Crippen molar-refractivity contribution in [2.24, 2.45) is 7.05 Å². The average Bonchev–Trinajstić information content (AvgIpc) is 3.47. The zero-order valence-electron chi connectivity index (χ0n) is 21.3. The van der Waals surface area contributed by atoms with Crippen molar-refractivity contribution in [3.05, 3.63) is 45.1 Å². The minimum absolute atomic E-state index is 0.140. The van der Waals surface area contributed by atoms with Gasteiger partial charge in [-0.25, -0.2) is 14.8 Å². The van der Waals surface area contributed by atoms with Crippen molar-refractivity contribution < 1.29 is 0 Å². The van der Waals surface area contributed by atoms with Gasteiger partial charge in [-0.2, -0.15) is 19.9 Å². The summed E-state index contributed by atoms with van der Waals surface area (Å²) in [6.07, 6.45) is 2.03. The van der Waals surface area contributed by atoms with Gasteiger partial charge in [0.1, 0.15) is 16.0 Å². The third-order valence-electron chi connectivity index (χ3n) is 7.26. The summed E-state index contributed by atoms with van der Waals surface area (Å²) in [5.41, 5.74) is 2.96. The van der Waals surface area contributed by atoms with Gasteiger partial charge in [-0.1, -0.05) is 25.2 Å². The number of nitrogens with zero attached hydrogens (tertiary/aromatic N) is 9. The Morgan fingerprint density at radius 1 is 1.17 bits per heavy atom. The van der Waals surface area contributed by atoms with E-state index in [9.17, 15) is 4.79 Å². The van der Waals surface area contributed by atoms with Crippen LogP contribution in [0.15, 0.2) is 23.0 Å². The van der Waals surface area contributed by atoms with E-state index in [1.54, 1.807) is 29.0 Å². The van der Waals surface area contributed by atoms with E-state index in [-0.39, 0.29) is 30.2 Å². The summed E-state index contributed by atoms with van der Waals surface area (Å²) in [6, 6.07) is 8.65. The maximum absolute atomic E-state index is 12.8. The van der Waals surface area contributed by atoms with Crippen molar-refractivity contribution in [2.45, 2.75) is 65.1 Å². The van der Waals surface area contributed by atoms with Crippen molar-refractivity contribution in [1.82, 2.24) is 34.0 Å². The third kappa shape index (κ3) is 4.14. The van der Waals surface area contributed by atoms with Crippen LogP contribution in [-0.4, -0.2) is 59.2 Å². The number of rotatable bonds is 6. The van der Waals surface area contributed by atoms with Crippen molar-refractivity contribution >= 4 is 33.3 Å². The predicted octanol–water partition coefficient (Wildman–Crippen LogP) is 3.25. The second kappa shape index (κ2) is 9.59. The molecule has 0 spiro atoms. The lowest BCUT2D eigenvalue weighted by molar-refractivity contribution is 0.0981. The number of anilines is 1. The van der Waals surface area contributed by atoms with E-state index in [4.69, 9.17) is 10.2 Å². The fourth-order valence-corrected chi connectivity index (χ4v) is 6.00. The van der Waals surface area contributed by atoms with Gasteiger partial charge in [-0.05, 0) is 38.8 Å². The van der Waals surface area contributed by atoms with Crippen LogP contribution in [0, 0.1) is 18.3 Å². The Hall–Kier alpha value is -3.36. The summed E-state index contributed by atoms with van der Waals surface area (Å²) in [7, 11) is 1.69. The first kappa shape index (κ1) is 24.3. The number of fused-ring (bicyclic) bond motifs is 2. The molecule has 0 amide bonds. The lowest BCUT2D eigenvalue weighted by Gasteiger charge is -2.48. The summed E-state index contributed by atoms with van der Waals surface area (Å²) in [6.45, 7) is 10.2. The van der Waals surface area contributed by atoms with Crippen LogP contribution in [0.4, 0.5) is 5.95 Å². The number of nitriles is 1. The Labute approximate surface area is 213 Å². The van der Waals surface area contributed by atoms with Crippen molar-refractivity contribution in [3.63, 3.8) is 0 Å². The Bertz CT molecular complexity index is 1510. The molecule has 1 aliphatic heterocycles. The lowest BCUT2D eigenvalue weighted by atomic mass is 9.99. The first-order chi connectivity index (χ1) is 17.3. The maximum atomic E-state index is 12.8. The summed E-state index contributed by atoms with van der Waals surface area (Å²) >= 11 is 1.63. The second-order valence-corrected chi connectivity index (χ2v) is 10.6. The molecule has 1 aliphatic rings. The first-order valence-corrected chi connectivity index (χ1v) is 13.2. The van der Waals surface area contributed by atoms with Crippen LogP contribution < -0.4 is 10.6 Å². The molecule has 0 aromatic carbocycles. The van der Waals surface area contributed by atoms with Gasteiger partial charge >= 0.3 is 5.69 Å². The highest BCUT2D eigenvalue weighted by atomic mass is 32.1. The van der Waals surface area contributed by atoms with Gasteiger partial charge in [0.25, 0.3) is 0 Å². The molecule has 10 nitrogen and oxygen atoms in total. The fourth-order valence-electron chi connectivity index (χ4n) is 5.21. The van der Waals surface area contributed by atoms with Crippen LogP contribution >= 0.6 is 11.3 Å². The molecule has 0 N–H and O–H groups in total. The molecule has 0 bridgehead atoms. The lowest BCUT2D eigenvalue weighted by Crippen LogP contribution is -2.59. The van der Waals surface area contributed by atoms with E-state index in [2.05, 4.69) is 63.8 Å². The summed E-state index contributed by atoms with van der Waals surface area (Å²) in [5, 5.41) is 14.8. The molecule has 0 saturated carbocycles. The van der Waals surface area contributed by atoms with Gasteiger partial charge < -0.3 is 4.90 Å². The second-order valence-electron chi connectivity index (χ2n) is 9.44. The molecule has 1 fully saturated rings. The fraction of sp³-hybridized carbons (Fsp3) is 0.520. The van der Waals surface area contributed by atoms with Crippen LogP contribution in [0.3, 0.4) is 0 Å². The van der Waals surface area contributed by atoms with Crippen LogP contribution in [0.2, 0.25) is 0 Å². The molecule has 36 heavy (non-hydrogen) atoms. The third-order valence-corrected chi connectivity index (χ3v) is 8.15. The number of piperazine rings is 1. The molecule has 11 heteroatoms.